The summed E-state index contributed by atoms with van der Waals surface area (Å²) in [6, 6.07) is 0. The summed E-state index contributed by atoms with van der Waals surface area (Å²) < 4.78 is 68.5. The third-order valence-electron chi connectivity index (χ3n) is 18.5. The molecule has 0 spiro atoms. The lowest BCUT2D eigenvalue weighted by molar-refractivity contribution is -0.161. The summed E-state index contributed by atoms with van der Waals surface area (Å²) in [6.45, 7) is 7.31. The zero-order valence-electron chi connectivity index (χ0n) is 63.9. The molecule has 0 aromatic heterocycles. The van der Waals surface area contributed by atoms with Crippen molar-refractivity contribution in [3.05, 3.63) is 0 Å². The summed E-state index contributed by atoms with van der Waals surface area (Å²) in [6.07, 6.45) is 62.6. The predicted molar refractivity (Wildman–Crippen MR) is 400 cm³/mol. The first kappa shape index (κ1) is 96.1. The zero-order valence-corrected chi connectivity index (χ0v) is 65.7. The molecule has 19 heteroatoms. The fourth-order valence-corrected chi connectivity index (χ4v) is 13.8. The van der Waals surface area contributed by atoms with Crippen molar-refractivity contribution in [1.29, 1.82) is 0 Å². The highest BCUT2D eigenvalue weighted by atomic mass is 31.2. The van der Waals surface area contributed by atoms with E-state index >= 15 is 0 Å². The number of aliphatic hydroxyl groups excluding tert-OH is 1. The second-order valence-electron chi connectivity index (χ2n) is 28.9. The van der Waals surface area contributed by atoms with Crippen molar-refractivity contribution in [2.45, 2.75) is 438 Å². The van der Waals surface area contributed by atoms with Crippen LogP contribution in [0.5, 0.6) is 0 Å². The van der Waals surface area contributed by atoms with Crippen LogP contribution >= 0.6 is 15.6 Å². The summed E-state index contributed by atoms with van der Waals surface area (Å²) in [7, 11) is -9.91. The Labute approximate surface area is 600 Å². The van der Waals surface area contributed by atoms with E-state index < -0.39 is 97.5 Å². The van der Waals surface area contributed by atoms with E-state index in [9.17, 15) is 43.2 Å². The molecule has 0 aliphatic heterocycles. The molecule has 0 saturated carbocycles. The van der Waals surface area contributed by atoms with Crippen LogP contribution in [0.2, 0.25) is 0 Å². The van der Waals surface area contributed by atoms with E-state index in [1.54, 1.807) is 0 Å². The lowest BCUT2D eigenvalue weighted by atomic mass is 10.0. The molecule has 0 aromatic carbocycles. The first-order valence-electron chi connectivity index (χ1n) is 41.1. The highest BCUT2D eigenvalue weighted by molar-refractivity contribution is 7.47. The third-order valence-corrected chi connectivity index (χ3v) is 20.4. The highest BCUT2D eigenvalue weighted by Crippen LogP contribution is 2.45. The standard InChI is InChI=1S/C79H154O17P2/c1-6-9-12-15-18-20-22-24-26-27-28-29-32-37-41-45-50-55-60-65-79(84)96-75(69-90-77(82)63-58-53-48-43-39-36-33-30-31-34-38-42-47-51-56-61-72(4)5)71-94-98(87,88)92-67-73(80)66-91-97(85,86)93-70-74(68-89-76(81)62-57-52-46-17-14-11-8-3)95-78(83)64-59-54-49-44-40-35-25-23-21-19-16-13-10-7-2/h72-75,80H,6-71H2,1-5H3,(H,85,86)(H,87,88)/t73-,74+,75+/m0/s1. The van der Waals surface area contributed by atoms with Crippen molar-refractivity contribution in [2.75, 3.05) is 39.6 Å². The third kappa shape index (κ3) is 72.4. The van der Waals surface area contributed by atoms with Crippen molar-refractivity contribution in [1.82, 2.24) is 0 Å². The Hall–Kier alpha value is -1.94. The number of aliphatic hydroxyl groups is 1. The van der Waals surface area contributed by atoms with Gasteiger partial charge in [-0.25, -0.2) is 9.13 Å². The predicted octanol–water partition coefficient (Wildman–Crippen LogP) is 23.6. The molecular weight excluding hydrogens is 1280 g/mol. The number of carbonyl (C=O) groups is 4. The van der Waals surface area contributed by atoms with E-state index in [4.69, 9.17) is 37.0 Å². The van der Waals surface area contributed by atoms with Gasteiger partial charge in [-0.1, -0.05) is 369 Å². The number of ether oxygens (including phenoxy) is 4. The smallest absolute Gasteiger partial charge is 0.462 e. The fraction of sp³-hybridized carbons (Fsp3) is 0.949. The van der Waals surface area contributed by atoms with E-state index in [1.807, 2.05) is 0 Å². The van der Waals surface area contributed by atoms with Crippen molar-refractivity contribution < 1.29 is 80.2 Å². The normalized spacial score (nSPS) is 13.9. The molecule has 0 aromatic rings. The molecule has 17 nitrogen and oxygen atoms in total. The molecular formula is C79H154O17P2. The molecule has 582 valence electrons. The molecule has 0 aliphatic rings. The van der Waals surface area contributed by atoms with Crippen LogP contribution < -0.4 is 0 Å². The van der Waals surface area contributed by atoms with Gasteiger partial charge in [-0.05, 0) is 31.6 Å². The van der Waals surface area contributed by atoms with Gasteiger partial charge in [-0.3, -0.25) is 37.3 Å². The van der Waals surface area contributed by atoms with Crippen molar-refractivity contribution in [2.24, 2.45) is 5.92 Å². The second kappa shape index (κ2) is 72.0. The van der Waals surface area contributed by atoms with Gasteiger partial charge < -0.3 is 33.8 Å². The minimum Gasteiger partial charge on any atom is -0.462 e. The van der Waals surface area contributed by atoms with Gasteiger partial charge >= 0.3 is 39.5 Å². The number of unbranched alkanes of at least 4 members (excludes halogenated alkanes) is 51. The maximum atomic E-state index is 13.1. The van der Waals surface area contributed by atoms with Crippen LogP contribution in [-0.2, 0) is 65.4 Å². The van der Waals surface area contributed by atoms with Gasteiger partial charge in [-0.15, -0.1) is 0 Å². The van der Waals surface area contributed by atoms with Crippen LogP contribution in [0.1, 0.15) is 420 Å². The van der Waals surface area contributed by atoms with E-state index in [1.165, 1.54) is 231 Å². The van der Waals surface area contributed by atoms with Crippen molar-refractivity contribution in [3.8, 4) is 0 Å². The molecule has 2 unspecified atom stereocenters. The quantitative estimate of drug-likeness (QED) is 0.0222. The van der Waals surface area contributed by atoms with E-state index in [0.29, 0.717) is 25.7 Å². The summed E-state index contributed by atoms with van der Waals surface area (Å²) in [5.74, 6) is -1.31. The van der Waals surface area contributed by atoms with Crippen LogP contribution in [-0.4, -0.2) is 96.7 Å². The largest absolute Gasteiger partial charge is 0.472 e. The van der Waals surface area contributed by atoms with Gasteiger partial charge in [0.25, 0.3) is 0 Å². The molecule has 0 amide bonds. The average Bonchev–Trinajstić information content (AvgIpc) is 1.05. The highest BCUT2D eigenvalue weighted by Gasteiger charge is 2.30. The zero-order chi connectivity index (χ0) is 71.9. The van der Waals surface area contributed by atoms with Gasteiger partial charge in [0.15, 0.2) is 12.2 Å². The summed E-state index contributed by atoms with van der Waals surface area (Å²) in [5, 5.41) is 10.6. The van der Waals surface area contributed by atoms with Crippen LogP contribution in [0.4, 0.5) is 0 Å². The lowest BCUT2D eigenvalue weighted by Gasteiger charge is -2.21. The Morgan fingerprint density at radius 1 is 0.276 bits per heavy atom. The summed E-state index contributed by atoms with van der Waals surface area (Å²) >= 11 is 0. The van der Waals surface area contributed by atoms with E-state index in [2.05, 4.69) is 34.6 Å². The van der Waals surface area contributed by atoms with Gasteiger partial charge in [0.05, 0.1) is 26.4 Å². The molecule has 0 fully saturated rings. The van der Waals surface area contributed by atoms with Crippen LogP contribution in [0, 0.1) is 5.92 Å². The SMILES string of the molecule is CCCCCCCCCCCCCCCCCCCCCC(=O)O[C@H](COC(=O)CCCCCCCCCCCCCCCCCC(C)C)COP(=O)(O)OC[C@@H](O)COP(=O)(O)OC[C@@H](COC(=O)CCCCCCCCC)OC(=O)CCCCCCCCCCCCCCCC. The molecule has 0 bridgehead atoms. The lowest BCUT2D eigenvalue weighted by Crippen LogP contribution is -2.30. The molecule has 0 aliphatic carbocycles. The molecule has 0 rings (SSSR count). The minimum absolute atomic E-state index is 0.108. The first-order valence-corrected chi connectivity index (χ1v) is 44.1. The monoisotopic (exact) mass is 1440 g/mol. The maximum absolute atomic E-state index is 13.1. The Bertz CT molecular complexity index is 1870. The number of rotatable bonds is 79. The molecule has 5 atom stereocenters. The first-order chi connectivity index (χ1) is 47.5. The molecule has 98 heavy (non-hydrogen) atoms. The second-order valence-corrected chi connectivity index (χ2v) is 31.8. The molecule has 0 radical (unpaired) electrons. The van der Waals surface area contributed by atoms with Gasteiger partial charge in [0.2, 0.25) is 0 Å². The molecule has 0 saturated heterocycles. The van der Waals surface area contributed by atoms with Crippen molar-refractivity contribution >= 4 is 39.5 Å². The average molecular weight is 1440 g/mol. The number of carbonyl (C=O) groups excluding carboxylic acids is 4. The molecule has 0 heterocycles. The topological polar surface area (TPSA) is 237 Å². The number of esters is 4. The fourth-order valence-electron chi connectivity index (χ4n) is 12.2. The molecule has 3 N–H and O–H groups in total. The van der Waals surface area contributed by atoms with Crippen LogP contribution in [0.15, 0.2) is 0 Å². The van der Waals surface area contributed by atoms with Gasteiger partial charge in [-0.2, -0.15) is 0 Å². The Morgan fingerprint density at radius 3 is 0.694 bits per heavy atom. The van der Waals surface area contributed by atoms with Crippen LogP contribution in [0.25, 0.3) is 0 Å². The Balaban J connectivity index is 5.18. The summed E-state index contributed by atoms with van der Waals surface area (Å²) in [5.41, 5.74) is 0. The van der Waals surface area contributed by atoms with Crippen LogP contribution in [0.3, 0.4) is 0 Å². The minimum atomic E-state index is -4.96. The Morgan fingerprint density at radius 2 is 0.469 bits per heavy atom. The van der Waals surface area contributed by atoms with Gasteiger partial charge in [0, 0.05) is 25.7 Å². The number of phosphoric ester groups is 2. The number of phosphoric acid groups is 2. The number of hydrogen-bond acceptors (Lipinski definition) is 15. The maximum Gasteiger partial charge on any atom is 0.472 e. The van der Waals surface area contributed by atoms with Gasteiger partial charge in [0.1, 0.15) is 19.3 Å². The van der Waals surface area contributed by atoms with Crippen molar-refractivity contribution in [3.63, 3.8) is 0 Å². The Kier molecular flexibility index (Phi) is 70.6. The summed E-state index contributed by atoms with van der Waals surface area (Å²) in [4.78, 5) is 72.8. The van der Waals surface area contributed by atoms with E-state index in [-0.39, 0.29) is 25.7 Å². The van der Waals surface area contributed by atoms with E-state index in [0.717, 1.165) is 109 Å². The number of hydrogen-bond donors (Lipinski definition) is 3.